The monoisotopic (exact) mass is 735 g/mol. The number of halogens is 1. The predicted molar refractivity (Wildman–Crippen MR) is 185 cm³/mol. The molecule has 2 aliphatic rings. The number of fused-ring (bicyclic) bond motifs is 1. The molecule has 1 amide bonds. The van der Waals surface area contributed by atoms with Crippen molar-refractivity contribution in [3.63, 3.8) is 0 Å². The molecule has 4 atom stereocenters. The number of rotatable bonds is 15. The first-order valence-corrected chi connectivity index (χ1v) is 19.4. The van der Waals surface area contributed by atoms with Crippen molar-refractivity contribution in [3.8, 4) is 0 Å². The molecular weight excluding hydrogens is 685 g/mol. The Labute approximate surface area is 292 Å². The summed E-state index contributed by atoms with van der Waals surface area (Å²) in [5, 5.41) is 15.5. The highest BCUT2D eigenvalue weighted by molar-refractivity contribution is 8.06. The van der Waals surface area contributed by atoms with Crippen LogP contribution >= 0.6 is 31.0 Å². The number of hydrogen-bond donors (Lipinski definition) is 1. The van der Waals surface area contributed by atoms with E-state index in [0.29, 0.717) is 29.0 Å². The van der Waals surface area contributed by atoms with Gasteiger partial charge in [-0.3, -0.25) is 9.46 Å². The molecule has 4 rings (SSSR count). The number of carbonyl (C=O) groups excluding carboxylic acids is 1. The highest BCUT2D eigenvalue weighted by atomic mass is 35.5. The molecule has 14 nitrogen and oxygen atoms in total. The van der Waals surface area contributed by atoms with Crippen molar-refractivity contribution < 1.29 is 42.5 Å². The Morgan fingerprint density at radius 3 is 2.35 bits per heavy atom. The van der Waals surface area contributed by atoms with Crippen molar-refractivity contribution in [1.82, 2.24) is 19.7 Å². The molecule has 0 radical (unpaired) electrons. The van der Waals surface area contributed by atoms with Crippen LogP contribution < -0.4 is 4.90 Å². The van der Waals surface area contributed by atoms with Gasteiger partial charge in [-0.15, -0.1) is 11.8 Å². The molecule has 2 fully saturated rings. The first kappa shape index (κ1) is 39.2. The van der Waals surface area contributed by atoms with E-state index in [1.165, 1.54) is 11.8 Å². The maximum Gasteiger partial charge on any atom is 0.416 e. The number of amides is 1. The van der Waals surface area contributed by atoms with Gasteiger partial charge in [-0.25, -0.2) is 9.48 Å². The Balaban J connectivity index is 1.71. The number of ether oxygens (including phenoxy) is 4. The summed E-state index contributed by atoms with van der Waals surface area (Å²) in [7, 11) is -2.13. The van der Waals surface area contributed by atoms with Crippen molar-refractivity contribution in [3.05, 3.63) is 11.5 Å². The van der Waals surface area contributed by atoms with E-state index < -0.39 is 54.6 Å². The Morgan fingerprint density at radius 1 is 1.15 bits per heavy atom. The van der Waals surface area contributed by atoms with Crippen molar-refractivity contribution in [2.45, 2.75) is 128 Å². The van der Waals surface area contributed by atoms with Crippen LogP contribution in [0.2, 0.25) is 5.28 Å². The number of aliphatic hydroxyl groups is 1. The molecule has 1 unspecified atom stereocenters. The van der Waals surface area contributed by atoms with E-state index in [0.717, 1.165) is 25.7 Å². The SMILES string of the molecule is CCOP(=O)(OCC)C(C)(CO)SC[C@@H]1C[C@@H](OC(C)(C)OC)[C@H](n2ncc3c(N(C(=O)OC(C)(C)C)C4CCCC4)nc(Cl)nc32)O1. The van der Waals surface area contributed by atoms with Crippen molar-refractivity contribution >= 4 is 53.9 Å². The molecule has 1 saturated heterocycles. The van der Waals surface area contributed by atoms with Crippen LogP contribution in [0.25, 0.3) is 11.0 Å². The number of carbonyl (C=O) groups is 1. The normalized spacial score (nSPS) is 22.4. The maximum atomic E-state index is 13.7. The highest BCUT2D eigenvalue weighted by Crippen LogP contribution is 2.64. The van der Waals surface area contributed by atoms with E-state index in [1.54, 1.807) is 57.5 Å². The summed E-state index contributed by atoms with van der Waals surface area (Å²) >= 11 is 7.80. The Morgan fingerprint density at radius 2 is 1.79 bits per heavy atom. The van der Waals surface area contributed by atoms with Crippen LogP contribution in [0.3, 0.4) is 0 Å². The zero-order chi connectivity index (χ0) is 35.5. The van der Waals surface area contributed by atoms with Crippen molar-refractivity contribution in [1.29, 1.82) is 0 Å². The topological polar surface area (TPSA) is 157 Å². The molecule has 0 aromatic carbocycles. The Kier molecular flexibility index (Phi) is 12.9. The lowest BCUT2D eigenvalue weighted by Gasteiger charge is -2.34. The third kappa shape index (κ3) is 8.84. The molecule has 272 valence electrons. The third-order valence-corrected chi connectivity index (χ3v) is 13.3. The lowest BCUT2D eigenvalue weighted by Crippen LogP contribution is -2.43. The molecule has 0 spiro atoms. The van der Waals surface area contributed by atoms with E-state index in [2.05, 4.69) is 15.1 Å². The van der Waals surface area contributed by atoms with Gasteiger partial charge in [0.05, 0.1) is 37.5 Å². The smallest absolute Gasteiger partial charge is 0.416 e. The fraction of sp³-hybridized carbons (Fsp3) is 0.806. The quantitative estimate of drug-likeness (QED) is 0.114. The molecule has 3 heterocycles. The van der Waals surface area contributed by atoms with Crippen LogP contribution in [0.15, 0.2) is 6.20 Å². The second kappa shape index (κ2) is 15.8. The summed E-state index contributed by atoms with van der Waals surface area (Å²) in [5.41, 5.74) is -0.362. The largest absolute Gasteiger partial charge is 0.443 e. The van der Waals surface area contributed by atoms with Gasteiger partial charge in [-0.05, 0) is 79.8 Å². The zero-order valence-corrected chi connectivity index (χ0v) is 31.9. The van der Waals surface area contributed by atoms with Gasteiger partial charge in [0.15, 0.2) is 23.5 Å². The van der Waals surface area contributed by atoms with Crippen LogP contribution in [-0.2, 0) is 32.6 Å². The lowest BCUT2D eigenvalue weighted by atomic mass is 10.2. The van der Waals surface area contributed by atoms with Crippen LogP contribution in [0.4, 0.5) is 10.6 Å². The average molecular weight is 736 g/mol. The summed E-state index contributed by atoms with van der Waals surface area (Å²) in [4.78, 5) is 24.3. The van der Waals surface area contributed by atoms with Gasteiger partial charge in [0.25, 0.3) is 0 Å². The predicted octanol–water partition coefficient (Wildman–Crippen LogP) is 6.93. The molecule has 1 N–H and O–H groups in total. The number of aromatic nitrogens is 4. The fourth-order valence-corrected chi connectivity index (χ4v) is 9.49. The summed E-state index contributed by atoms with van der Waals surface area (Å²) in [5.74, 6) is -0.317. The van der Waals surface area contributed by atoms with Crippen LogP contribution in [0.5, 0.6) is 0 Å². The van der Waals surface area contributed by atoms with Crippen molar-refractivity contribution in [2.75, 3.05) is 37.6 Å². The van der Waals surface area contributed by atoms with Gasteiger partial charge in [0.1, 0.15) is 16.2 Å². The number of anilines is 1. The second-order valence-corrected chi connectivity index (χ2v) is 18.2. The minimum atomic E-state index is -3.68. The van der Waals surface area contributed by atoms with E-state index in [-0.39, 0.29) is 24.5 Å². The van der Waals surface area contributed by atoms with E-state index in [4.69, 9.17) is 39.6 Å². The summed E-state index contributed by atoms with van der Waals surface area (Å²) in [6, 6.07) is -0.120. The first-order chi connectivity index (χ1) is 22.5. The number of aliphatic hydroxyl groups excluding tert-OH is 1. The molecule has 1 saturated carbocycles. The Hall–Kier alpha value is -1.55. The number of thioether (sulfide) groups is 1. The standard InChI is InChI=1S/C31H51ClN5O9PS/c1-10-42-47(40,43-11-2)31(8,19-38)48-18-21-16-23(45-30(6,7)41-9)26(44-21)37-25-22(17-33-37)24(34-27(32)35-25)36(20-14-12-13-15-20)28(39)46-29(3,4)5/h17,20-21,23,26,38H,10-16,18-19H2,1-9H3/t21-,23+,26+,31?/m0/s1. The van der Waals surface area contributed by atoms with Crippen LogP contribution in [0, 0.1) is 0 Å². The molecule has 1 aliphatic heterocycles. The highest BCUT2D eigenvalue weighted by Gasteiger charge is 2.49. The average Bonchev–Trinajstić information content (AvgIpc) is 3.76. The first-order valence-electron chi connectivity index (χ1n) is 16.5. The maximum absolute atomic E-state index is 13.7. The summed E-state index contributed by atoms with van der Waals surface area (Å²) in [6.07, 6.45) is 3.29. The summed E-state index contributed by atoms with van der Waals surface area (Å²) < 4.78 is 49.6. The van der Waals surface area contributed by atoms with Gasteiger partial charge in [-0.1, -0.05) is 12.8 Å². The minimum absolute atomic E-state index is 0.0630. The number of methoxy groups -OCH3 is 1. The van der Waals surface area contributed by atoms with Gasteiger partial charge >= 0.3 is 13.7 Å². The summed E-state index contributed by atoms with van der Waals surface area (Å²) in [6.45, 7) is 14.1. The van der Waals surface area contributed by atoms with E-state index >= 15 is 0 Å². The van der Waals surface area contributed by atoms with Crippen LogP contribution in [0.1, 0.15) is 93.7 Å². The molecule has 2 aromatic heterocycles. The van der Waals surface area contributed by atoms with Crippen molar-refractivity contribution in [2.24, 2.45) is 0 Å². The van der Waals surface area contributed by atoms with E-state index in [9.17, 15) is 14.5 Å². The van der Waals surface area contributed by atoms with Gasteiger partial charge in [-0.2, -0.15) is 15.1 Å². The number of hydrogen-bond acceptors (Lipinski definition) is 13. The van der Waals surface area contributed by atoms with E-state index in [1.807, 2.05) is 20.8 Å². The number of nitrogens with zero attached hydrogens (tertiary/aromatic N) is 5. The van der Waals surface area contributed by atoms with Crippen LogP contribution in [-0.4, -0.2) is 97.8 Å². The second-order valence-electron chi connectivity index (χ2n) is 13.6. The molecule has 2 aromatic rings. The molecule has 17 heteroatoms. The third-order valence-electron chi connectivity index (χ3n) is 8.28. The Bertz CT molecular complexity index is 1440. The van der Waals surface area contributed by atoms with Gasteiger partial charge < -0.3 is 33.1 Å². The lowest BCUT2D eigenvalue weighted by molar-refractivity contribution is -0.238. The minimum Gasteiger partial charge on any atom is -0.443 e. The molecule has 1 aliphatic carbocycles. The fourth-order valence-electron chi connectivity index (χ4n) is 5.83. The molecule has 48 heavy (non-hydrogen) atoms. The molecule has 0 bridgehead atoms. The molecular formula is C31H51ClN5O9PS. The van der Waals surface area contributed by atoms with Gasteiger partial charge in [0.2, 0.25) is 5.28 Å². The van der Waals surface area contributed by atoms with Gasteiger partial charge in [0, 0.05) is 25.3 Å². The zero-order valence-electron chi connectivity index (χ0n) is 29.4.